The average Bonchev–Trinajstić information content (AvgIpc) is 3.29. The van der Waals surface area contributed by atoms with Crippen LogP contribution in [0.15, 0.2) is 57.6 Å². The predicted molar refractivity (Wildman–Crippen MR) is 102 cm³/mol. The minimum Gasteiger partial charge on any atom is -0.472 e. The van der Waals surface area contributed by atoms with E-state index in [0.717, 1.165) is 0 Å². The number of hydrogen-bond donors (Lipinski definition) is 2. The summed E-state index contributed by atoms with van der Waals surface area (Å²) in [6.07, 6.45) is 2.80. The first-order chi connectivity index (χ1) is 12.2. The number of aryl methyl sites for hydroxylation is 1. The molecule has 26 heavy (non-hydrogen) atoms. The van der Waals surface area contributed by atoms with E-state index in [9.17, 15) is 13.5 Å². The van der Waals surface area contributed by atoms with Crippen molar-refractivity contribution in [3.05, 3.63) is 74.3 Å². The third-order valence-electron chi connectivity index (χ3n) is 3.95. The summed E-state index contributed by atoms with van der Waals surface area (Å²) in [4.78, 5) is 0.488. The zero-order valence-corrected chi connectivity index (χ0v) is 16.7. The van der Waals surface area contributed by atoms with Gasteiger partial charge in [0.25, 0.3) is 0 Å². The number of benzene rings is 1. The minimum atomic E-state index is -3.97. The summed E-state index contributed by atoms with van der Waals surface area (Å²) in [7, 11) is -3.97. The maximum Gasteiger partial charge on any atom is 0.242 e. The van der Waals surface area contributed by atoms with Crippen molar-refractivity contribution >= 4 is 44.6 Å². The fraction of sp³-hybridized carbons (Fsp3) is 0.176. The Morgan fingerprint density at radius 3 is 2.65 bits per heavy atom. The third-order valence-corrected chi connectivity index (χ3v) is 7.24. The highest BCUT2D eigenvalue weighted by Gasteiger charge is 2.35. The van der Waals surface area contributed by atoms with Gasteiger partial charge in [-0.15, -0.1) is 11.3 Å². The van der Waals surface area contributed by atoms with Gasteiger partial charge in [-0.25, -0.2) is 13.1 Å². The van der Waals surface area contributed by atoms with Crippen molar-refractivity contribution < 1.29 is 17.9 Å². The fourth-order valence-electron chi connectivity index (χ4n) is 2.46. The lowest BCUT2D eigenvalue weighted by atomic mass is 9.95. The third kappa shape index (κ3) is 3.69. The van der Waals surface area contributed by atoms with Gasteiger partial charge in [0.2, 0.25) is 10.0 Å². The Hall–Kier alpha value is -1.35. The minimum absolute atomic E-state index is 0.0103. The van der Waals surface area contributed by atoms with Crippen LogP contribution < -0.4 is 4.72 Å². The summed E-state index contributed by atoms with van der Waals surface area (Å²) in [6.45, 7) is 1.40. The highest BCUT2D eigenvalue weighted by Crippen LogP contribution is 2.34. The number of nitrogens with one attached hydrogen (secondary N) is 1. The summed E-state index contributed by atoms with van der Waals surface area (Å²) < 4.78 is 33.0. The van der Waals surface area contributed by atoms with Crippen LogP contribution in [-0.4, -0.2) is 20.1 Å². The Balaban J connectivity index is 1.94. The molecular formula is C17H15Cl2NO4S2. The van der Waals surface area contributed by atoms with Crippen molar-refractivity contribution in [3.63, 3.8) is 0 Å². The van der Waals surface area contributed by atoms with E-state index in [1.807, 2.05) is 0 Å². The largest absolute Gasteiger partial charge is 0.472 e. The second-order valence-corrected chi connectivity index (χ2v) is 9.20. The molecule has 3 rings (SSSR count). The second-order valence-electron chi connectivity index (χ2n) is 5.71. The second kappa shape index (κ2) is 7.34. The van der Waals surface area contributed by atoms with Gasteiger partial charge in [0.1, 0.15) is 10.5 Å². The first kappa shape index (κ1) is 19.4. The molecule has 3 aromatic rings. The molecule has 0 spiro atoms. The SMILES string of the molecule is Cc1cc(S(=O)(=O)NCC(O)(c2ccoc2)c2cccs2)c(Cl)cc1Cl. The van der Waals surface area contributed by atoms with Crippen molar-refractivity contribution in [2.45, 2.75) is 17.4 Å². The van der Waals surface area contributed by atoms with Crippen molar-refractivity contribution in [2.24, 2.45) is 0 Å². The van der Waals surface area contributed by atoms with Crippen molar-refractivity contribution in [2.75, 3.05) is 6.54 Å². The van der Waals surface area contributed by atoms with E-state index < -0.39 is 15.6 Å². The Morgan fingerprint density at radius 2 is 2.04 bits per heavy atom. The zero-order valence-electron chi connectivity index (χ0n) is 13.6. The Morgan fingerprint density at radius 1 is 1.27 bits per heavy atom. The highest BCUT2D eigenvalue weighted by molar-refractivity contribution is 7.89. The van der Waals surface area contributed by atoms with Crippen molar-refractivity contribution in [1.29, 1.82) is 0 Å². The van der Waals surface area contributed by atoms with E-state index in [-0.39, 0.29) is 16.5 Å². The molecule has 0 aliphatic rings. The quantitative estimate of drug-likeness (QED) is 0.613. The number of rotatable bonds is 6. The molecule has 0 bridgehead atoms. The molecular weight excluding hydrogens is 417 g/mol. The number of sulfonamides is 1. The van der Waals surface area contributed by atoms with Crippen LogP contribution in [0.4, 0.5) is 0 Å². The van der Waals surface area contributed by atoms with Gasteiger partial charge in [0, 0.05) is 22.0 Å². The van der Waals surface area contributed by atoms with Crippen LogP contribution in [-0.2, 0) is 15.6 Å². The first-order valence-corrected chi connectivity index (χ1v) is 10.6. The summed E-state index contributed by atoms with van der Waals surface area (Å²) in [5, 5.41) is 13.4. The number of halogens is 2. The van der Waals surface area contributed by atoms with E-state index in [4.69, 9.17) is 27.6 Å². The molecule has 9 heteroatoms. The van der Waals surface area contributed by atoms with E-state index >= 15 is 0 Å². The van der Waals surface area contributed by atoms with Crippen LogP contribution in [0.3, 0.4) is 0 Å². The van der Waals surface area contributed by atoms with Crippen LogP contribution in [0.5, 0.6) is 0 Å². The maximum atomic E-state index is 12.7. The molecule has 0 saturated carbocycles. The monoisotopic (exact) mass is 431 g/mol. The number of thiophene rings is 1. The molecule has 0 saturated heterocycles. The van der Waals surface area contributed by atoms with Crippen molar-refractivity contribution in [3.8, 4) is 0 Å². The van der Waals surface area contributed by atoms with Crippen LogP contribution >= 0.6 is 34.5 Å². The zero-order chi connectivity index (χ0) is 18.9. The van der Waals surface area contributed by atoms with Gasteiger partial charge in [-0.3, -0.25) is 0 Å². The lowest BCUT2D eigenvalue weighted by molar-refractivity contribution is 0.0892. The molecule has 0 aliphatic heterocycles. The molecule has 2 heterocycles. The molecule has 0 amide bonds. The van der Waals surface area contributed by atoms with Gasteiger partial charge in [-0.1, -0.05) is 29.3 Å². The van der Waals surface area contributed by atoms with Crippen molar-refractivity contribution in [1.82, 2.24) is 4.72 Å². The van der Waals surface area contributed by atoms with Gasteiger partial charge in [-0.05, 0) is 42.1 Å². The van der Waals surface area contributed by atoms with E-state index in [1.54, 1.807) is 30.5 Å². The van der Waals surface area contributed by atoms with Crippen LogP contribution in [0.2, 0.25) is 10.0 Å². The molecule has 0 aliphatic carbocycles. The molecule has 5 nitrogen and oxygen atoms in total. The molecule has 138 valence electrons. The molecule has 2 aromatic heterocycles. The summed E-state index contributed by atoms with van der Waals surface area (Å²) >= 11 is 13.3. The van der Waals surface area contributed by atoms with E-state index in [1.165, 1.54) is 36.0 Å². The summed E-state index contributed by atoms with van der Waals surface area (Å²) in [5.74, 6) is 0. The normalized spacial score (nSPS) is 14.3. The van der Waals surface area contributed by atoms with Gasteiger partial charge >= 0.3 is 0 Å². The Kier molecular flexibility index (Phi) is 5.48. The molecule has 0 radical (unpaired) electrons. The molecule has 1 aromatic carbocycles. The topological polar surface area (TPSA) is 79.5 Å². The standard InChI is InChI=1S/C17H15Cl2NO4S2/c1-11-7-15(14(19)8-13(11)18)26(22,23)20-10-17(21,12-4-5-24-9-12)16-3-2-6-25-16/h2-9,20-21H,10H2,1H3. The van der Waals surface area contributed by atoms with Crippen LogP contribution in [0.25, 0.3) is 0 Å². The average molecular weight is 432 g/mol. The molecule has 1 unspecified atom stereocenters. The van der Waals surface area contributed by atoms with Gasteiger partial charge < -0.3 is 9.52 Å². The van der Waals surface area contributed by atoms with Gasteiger partial charge in [-0.2, -0.15) is 0 Å². The van der Waals surface area contributed by atoms with Gasteiger partial charge in [0.15, 0.2) is 0 Å². The smallest absolute Gasteiger partial charge is 0.242 e. The number of aliphatic hydroxyl groups is 1. The first-order valence-electron chi connectivity index (χ1n) is 7.48. The lowest BCUT2D eigenvalue weighted by Crippen LogP contribution is -2.41. The van der Waals surface area contributed by atoms with E-state index in [2.05, 4.69) is 4.72 Å². The number of hydrogen-bond acceptors (Lipinski definition) is 5. The fourth-order valence-corrected chi connectivity index (χ4v) is 5.19. The predicted octanol–water partition coefficient (Wildman–Crippen LogP) is 4.17. The Labute approximate surface area is 165 Å². The highest BCUT2D eigenvalue weighted by atomic mass is 35.5. The molecule has 0 fully saturated rings. The lowest BCUT2D eigenvalue weighted by Gasteiger charge is -2.26. The van der Waals surface area contributed by atoms with Crippen LogP contribution in [0, 0.1) is 6.92 Å². The molecule has 1 atom stereocenters. The summed E-state index contributed by atoms with van der Waals surface area (Å²) in [5.41, 5.74) is -0.539. The maximum absolute atomic E-state index is 12.7. The van der Waals surface area contributed by atoms with E-state index in [0.29, 0.717) is 21.0 Å². The van der Waals surface area contributed by atoms with Crippen LogP contribution in [0.1, 0.15) is 16.0 Å². The van der Waals surface area contributed by atoms with Gasteiger partial charge in [0.05, 0.1) is 17.5 Å². The summed E-state index contributed by atoms with van der Waals surface area (Å²) in [6, 6.07) is 7.88. The number of furan rings is 1. The Bertz CT molecular complexity index is 966. The molecule has 2 N–H and O–H groups in total.